The van der Waals surface area contributed by atoms with Crippen molar-refractivity contribution in [2.75, 3.05) is 13.6 Å². The highest BCUT2D eigenvalue weighted by Gasteiger charge is 2.01. The van der Waals surface area contributed by atoms with Crippen LogP contribution in [0.5, 0.6) is 0 Å². The molecule has 15 heavy (non-hydrogen) atoms. The molecular formula is C12H17NO2. The minimum absolute atomic E-state index is 0.0770. The number of amides is 1. The topological polar surface area (TPSA) is 40.5 Å². The minimum Gasteiger partial charge on any atom is -0.392 e. The second-order valence-corrected chi connectivity index (χ2v) is 3.67. The number of aliphatic hydroxyl groups excluding tert-OH is 1. The van der Waals surface area contributed by atoms with Crippen LogP contribution in [0.25, 0.3) is 0 Å². The SMILES string of the molecule is CC(=O)N(C)CCc1ccc(CO)cc1. The molecule has 0 spiro atoms. The molecule has 0 radical (unpaired) electrons. The zero-order valence-corrected chi connectivity index (χ0v) is 9.23. The Morgan fingerprint density at radius 2 is 1.80 bits per heavy atom. The van der Waals surface area contributed by atoms with Gasteiger partial charge in [0, 0.05) is 20.5 Å². The predicted octanol–water partition coefficient (Wildman–Crippen LogP) is 1.20. The lowest BCUT2D eigenvalue weighted by Crippen LogP contribution is -2.26. The number of carbonyl (C=O) groups is 1. The minimum atomic E-state index is 0.0770. The maximum absolute atomic E-state index is 11.0. The second-order valence-electron chi connectivity index (χ2n) is 3.67. The lowest BCUT2D eigenvalue weighted by molar-refractivity contribution is -0.127. The van der Waals surface area contributed by atoms with Crippen LogP contribution in [0.1, 0.15) is 18.1 Å². The number of nitrogens with zero attached hydrogens (tertiary/aromatic N) is 1. The van der Waals surface area contributed by atoms with Crippen molar-refractivity contribution in [3.05, 3.63) is 35.4 Å². The van der Waals surface area contributed by atoms with Crippen LogP contribution >= 0.6 is 0 Å². The molecular weight excluding hydrogens is 190 g/mol. The van der Waals surface area contributed by atoms with Crippen LogP contribution in [-0.4, -0.2) is 29.5 Å². The van der Waals surface area contributed by atoms with Gasteiger partial charge in [-0.25, -0.2) is 0 Å². The van der Waals surface area contributed by atoms with Crippen LogP contribution in [0, 0.1) is 0 Å². The standard InChI is InChI=1S/C12H17NO2/c1-10(15)13(2)8-7-11-3-5-12(9-14)6-4-11/h3-6,14H,7-9H2,1-2H3. The number of benzene rings is 1. The van der Waals surface area contributed by atoms with Crippen LogP contribution in [0.15, 0.2) is 24.3 Å². The molecule has 1 aromatic rings. The van der Waals surface area contributed by atoms with Gasteiger partial charge >= 0.3 is 0 Å². The number of rotatable bonds is 4. The van der Waals surface area contributed by atoms with Crippen molar-refractivity contribution < 1.29 is 9.90 Å². The Labute approximate surface area is 90.3 Å². The largest absolute Gasteiger partial charge is 0.392 e. The number of carbonyl (C=O) groups excluding carboxylic acids is 1. The average Bonchev–Trinajstić information content (AvgIpc) is 2.26. The van der Waals surface area contributed by atoms with Crippen LogP contribution in [-0.2, 0) is 17.8 Å². The summed E-state index contributed by atoms with van der Waals surface area (Å²) >= 11 is 0. The fourth-order valence-corrected chi connectivity index (χ4v) is 1.27. The molecule has 1 aromatic carbocycles. The first kappa shape index (κ1) is 11.7. The van der Waals surface area contributed by atoms with E-state index in [4.69, 9.17) is 5.11 Å². The third kappa shape index (κ3) is 3.72. The van der Waals surface area contributed by atoms with Gasteiger partial charge in [0.05, 0.1) is 6.61 Å². The Morgan fingerprint density at radius 1 is 1.27 bits per heavy atom. The molecule has 1 amide bonds. The molecule has 0 atom stereocenters. The summed E-state index contributed by atoms with van der Waals surface area (Å²) in [6, 6.07) is 7.78. The predicted molar refractivity (Wildman–Crippen MR) is 59.4 cm³/mol. The Bertz CT molecular complexity index is 319. The van der Waals surface area contributed by atoms with Crippen LogP contribution < -0.4 is 0 Å². The van der Waals surface area contributed by atoms with Crippen molar-refractivity contribution >= 4 is 5.91 Å². The fourth-order valence-electron chi connectivity index (χ4n) is 1.27. The van der Waals surface area contributed by atoms with Crippen LogP contribution in [0.4, 0.5) is 0 Å². The molecule has 0 saturated heterocycles. The first-order valence-corrected chi connectivity index (χ1v) is 5.04. The molecule has 0 aliphatic heterocycles. The molecule has 0 fully saturated rings. The zero-order valence-electron chi connectivity index (χ0n) is 9.23. The Kier molecular flexibility index (Phi) is 4.31. The van der Waals surface area contributed by atoms with Gasteiger partial charge in [0.15, 0.2) is 0 Å². The van der Waals surface area contributed by atoms with Crippen molar-refractivity contribution in [3.63, 3.8) is 0 Å². The maximum atomic E-state index is 11.0. The Morgan fingerprint density at radius 3 is 2.27 bits per heavy atom. The number of hydrogen-bond acceptors (Lipinski definition) is 2. The van der Waals surface area contributed by atoms with Gasteiger partial charge in [0.25, 0.3) is 0 Å². The van der Waals surface area contributed by atoms with E-state index in [0.29, 0.717) is 0 Å². The van der Waals surface area contributed by atoms with E-state index in [1.807, 2.05) is 24.3 Å². The summed E-state index contributed by atoms with van der Waals surface area (Å²) in [7, 11) is 1.80. The van der Waals surface area contributed by atoms with Crippen molar-refractivity contribution in [1.82, 2.24) is 4.90 Å². The molecule has 3 nitrogen and oxygen atoms in total. The van der Waals surface area contributed by atoms with Gasteiger partial charge in [0.2, 0.25) is 5.91 Å². The van der Waals surface area contributed by atoms with Gasteiger partial charge < -0.3 is 10.0 Å². The van der Waals surface area contributed by atoms with E-state index in [0.717, 1.165) is 18.5 Å². The van der Waals surface area contributed by atoms with Gasteiger partial charge in [-0.05, 0) is 17.5 Å². The van der Waals surface area contributed by atoms with E-state index in [1.54, 1.807) is 18.9 Å². The smallest absolute Gasteiger partial charge is 0.219 e. The molecule has 0 saturated carbocycles. The Hall–Kier alpha value is -1.35. The van der Waals surface area contributed by atoms with Crippen molar-refractivity contribution in [2.24, 2.45) is 0 Å². The molecule has 0 heterocycles. The number of aliphatic hydroxyl groups is 1. The molecule has 1 N–H and O–H groups in total. The lowest BCUT2D eigenvalue weighted by Gasteiger charge is -2.14. The van der Waals surface area contributed by atoms with Gasteiger partial charge in [-0.15, -0.1) is 0 Å². The summed E-state index contributed by atoms with van der Waals surface area (Å²) in [6.45, 7) is 2.37. The summed E-state index contributed by atoms with van der Waals surface area (Å²) in [5, 5.41) is 8.87. The lowest BCUT2D eigenvalue weighted by atomic mass is 10.1. The van der Waals surface area contributed by atoms with Crippen LogP contribution in [0.3, 0.4) is 0 Å². The van der Waals surface area contributed by atoms with Crippen LogP contribution in [0.2, 0.25) is 0 Å². The number of hydrogen-bond donors (Lipinski definition) is 1. The molecule has 3 heteroatoms. The summed E-state index contributed by atoms with van der Waals surface area (Å²) in [5.41, 5.74) is 2.10. The van der Waals surface area contributed by atoms with E-state index >= 15 is 0 Å². The van der Waals surface area contributed by atoms with Gasteiger partial charge in [-0.1, -0.05) is 24.3 Å². The van der Waals surface area contributed by atoms with Crippen molar-refractivity contribution in [3.8, 4) is 0 Å². The molecule has 0 unspecified atom stereocenters. The normalized spacial score (nSPS) is 10.1. The summed E-state index contributed by atoms with van der Waals surface area (Å²) in [6.07, 6.45) is 0.849. The van der Waals surface area contributed by atoms with Gasteiger partial charge in [-0.2, -0.15) is 0 Å². The molecule has 0 aliphatic carbocycles. The average molecular weight is 207 g/mol. The quantitative estimate of drug-likeness (QED) is 0.806. The summed E-state index contributed by atoms with van der Waals surface area (Å²) in [4.78, 5) is 12.7. The third-order valence-corrected chi connectivity index (χ3v) is 2.48. The molecule has 0 aliphatic rings. The Balaban J connectivity index is 2.47. The second kappa shape index (κ2) is 5.51. The first-order chi connectivity index (χ1) is 7.13. The summed E-state index contributed by atoms with van der Waals surface area (Å²) < 4.78 is 0. The molecule has 0 bridgehead atoms. The van der Waals surface area contributed by atoms with E-state index in [-0.39, 0.29) is 12.5 Å². The fraction of sp³-hybridized carbons (Fsp3) is 0.417. The summed E-state index contributed by atoms with van der Waals surface area (Å²) in [5.74, 6) is 0.0852. The first-order valence-electron chi connectivity index (χ1n) is 5.04. The highest BCUT2D eigenvalue weighted by atomic mass is 16.3. The van der Waals surface area contributed by atoms with E-state index in [2.05, 4.69) is 0 Å². The van der Waals surface area contributed by atoms with E-state index in [9.17, 15) is 4.79 Å². The monoisotopic (exact) mass is 207 g/mol. The third-order valence-electron chi connectivity index (χ3n) is 2.48. The molecule has 82 valence electrons. The van der Waals surface area contributed by atoms with Crippen molar-refractivity contribution in [1.29, 1.82) is 0 Å². The highest BCUT2D eigenvalue weighted by molar-refractivity contribution is 5.72. The van der Waals surface area contributed by atoms with E-state index < -0.39 is 0 Å². The van der Waals surface area contributed by atoms with Crippen molar-refractivity contribution in [2.45, 2.75) is 20.0 Å². The maximum Gasteiger partial charge on any atom is 0.219 e. The van der Waals surface area contributed by atoms with Gasteiger partial charge in [0.1, 0.15) is 0 Å². The zero-order chi connectivity index (χ0) is 11.3. The number of likely N-dealkylation sites (N-methyl/N-ethyl adjacent to an activating group) is 1. The molecule has 1 rings (SSSR count). The van der Waals surface area contributed by atoms with E-state index in [1.165, 1.54) is 5.56 Å². The molecule has 0 aromatic heterocycles. The van der Waals surface area contributed by atoms with Gasteiger partial charge in [-0.3, -0.25) is 4.79 Å². The highest BCUT2D eigenvalue weighted by Crippen LogP contribution is 2.05.